The van der Waals surface area contributed by atoms with Crippen LogP contribution < -0.4 is 16.0 Å². The fourth-order valence-corrected chi connectivity index (χ4v) is 2.08. The second-order valence-electron chi connectivity index (χ2n) is 5.66. The summed E-state index contributed by atoms with van der Waals surface area (Å²) in [4.78, 5) is 24.6. The monoisotopic (exact) mass is 372 g/mol. The van der Waals surface area contributed by atoms with Crippen molar-refractivity contribution in [3.63, 3.8) is 0 Å². The van der Waals surface area contributed by atoms with E-state index in [0.29, 0.717) is 24.2 Å². The standard InChI is InChI=1S/C17H23F3N4O2/c1-3-9-21-15(25)13-5-7-14(8-6-13)23-16(26)22-10-4-11-24(2)12-17(18,19)20/h3,5-8H,1,4,9-12H2,2H3,(H,21,25)(H2,22,23,26). The number of urea groups is 1. The van der Waals surface area contributed by atoms with E-state index in [9.17, 15) is 22.8 Å². The van der Waals surface area contributed by atoms with E-state index in [1.54, 1.807) is 30.3 Å². The molecule has 3 N–H and O–H groups in total. The highest BCUT2D eigenvalue weighted by molar-refractivity contribution is 5.95. The van der Waals surface area contributed by atoms with E-state index in [2.05, 4.69) is 22.5 Å². The molecule has 0 aliphatic rings. The summed E-state index contributed by atoms with van der Waals surface area (Å²) in [6.07, 6.45) is -2.27. The van der Waals surface area contributed by atoms with E-state index in [-0.39, 0.29) is 19.0 Å². The molecule has 6 nitrogen and oxygen atoms in total. The minimum Gasteiger partial charge on any atom is -0.349 e. The highest BCUT2D eigenvalue weighted by atomic mass is 19.4. The Morgan fingerprint density at radius 3 is 2.42 bits per heavy atom. The molecule has 0 aromatic heterocycles. The summed E-state index contributed by atoms with van der Waals surface area (Å²) in [6, 6.07) is 5.84. The maximum atomic E-state index is 12.2. The predicted octanol–water partition coefficient (Wildman–Crippen LogP) is 2.61. The molecule has 0 spiro atoms. The summed E-state index contributed by atoms with van der Waals surface area (Å²) in [7, 11) is 1.38. The molecule has 0 saturated heterocycles. The lowest BCUT2D eigenvalue weighted by Gasteiger charge is -2.18. The number of alkyl halides is 3. The maximum absolute atomic E-state index is 12.2. The Balaban J connectivity index is 2.30. The molecule has 1 aromatic rings. The summed E-state index contributed by atoms with van der Waals surface area (Å²) in [5.74, 6) is -0.246. The lowest BCUT2D eigenvalue weighted by molar-refractivity contribution is -0.143. The van der Waals surface area contributed by atoms with Gasteiger partial charge >= 0.3 is 12.2 Å². The van der Waals surface area contributed by atoms with Crippen LogP contribution in [0, 0.1) is 0 Å². The third-order valence-electron chi connectivity index (χ3n) is 3.26. The van der Waals surface area contributed by atoms with Crippen LogP contribution in [0.25, 0.3) is 0 Å². The van der Waals surface area contributed by atoms with Crippen LogP contribution in [0.15, 0.2) is 36.9 Å². The van der Waals surface area contributed by atoms with E-state index < -0.39 is 18.8 Å². The lowest BCUT2D eigenvalue weighted by atomic mass is 10.2. The van der Waals surface area contributed by atoms with E-state index >= 15 is 0 Å². The molecule has 0 radical (unpaired) electrons. The van der Waals surface area contributed by atoms with Gasteiger partial charge in [0, 0.05) is 24.3 Å². The molecule has 0 atom stereocenters. The predicted molar refractivity (Wildman–Crippen MR) is 94.2 cm³/mol. The number of benzene rings is 1. The molecule has 0 heterocycles. The van der Waals surface area contributed by atoms with Crippen molar-refractivity contribution in [1.29, 1.82) is 0 Å². The number of nitrogens with zero attached hydrogens (tertiary/aromatic N) is 1. The van der Waals surface area contributed by atoms with E-state index in [0.717, 1.165) is 4.90 Å². The number of amides is 3. The van der Waals surface area contributed by atoms with Crippen LogP contribution in [-0.2, 0) is 0 Å². The quantitative estimate of drug-likeness (QED) is 0.461. The average Bonchev–Trinajstić information content (AvgIpc) is 2.55. The highest BCUT2D eigenvalue weighted by Gasteiger charge is 2.28. The van der Waals surface area contributed by atoms with Gasteiger partial charge in [-0.3, -0.25) is 9.69 Å². The largest absolute Gasteiger partial charge is 0.401 e. The van der Waals surface area contributed by atoms with E-state index in [4.69, 9.17) is 0 Å². The van der Waals surface area contributed by atoms with Crippen LogP contribution in [0.5, 0.6) is 0 Å². The molecule has 0 aliphatic carbocycles. The minimum atomic E-state index is -4.23. The van der Waals surface area contributed by atoms with E-state index in [1.165, 1.54) is 7.05 Å². The third-order valence-corrected chi connectivity index (χ3v) is 3.26. The van der Waals surface area contributed by atoms with Crippen molar-refractivity contribution in [2.24, 2.45) is 0 Å². The molecule has 144 valence electrons. The van der Waals surface area contributed by atoms with Gasteiger partial charge in [0.15, 0.2) is 0 Å². The lowest BCUT2D eigenvalue weighted by Crippen LogP contribution is -2.34. The second kappa shape index (κ2) is 10.4. The Kier molecular flexibility index (Phi) is 8.63. The summed E-state index contributed by atoms with van der Waals surface area (Å²) in [6.45, 7) is 3.35. The first-order valence-corrected chi connectivity index (χ1v) is 8.00. The number of hydrogen-bond donors (Lipinski definition) is 3. The Morgan fingerprint density at radius 1 is 1.19 bits per heavy atom. The van der Waals surface area contributed by atoms with Crippen molar-refractivity contribution in [3.05, 3.63) is 42.5 Å². The molecule has 0 unspecified atom stereocenters. The fraction of sp³-hybridized carbons (Fsp3) is 0.412. The first-order valence-electron chi connectivity index (χ1n) is 8.00. The zero-order valence-corrected chi connectivity index (χ0v) is 14.5. The number of rotatable bonds is 9. The van der Waals surface area contributed by atoms with Gasteiger partial charge in [-0.15, -0.1) is 6.58 Å². The van der Waals surface area contributed by atoms with Crippen molar-refractivity contribution >= 4 is 17.6 Å². The van der Waals surface area contributed by atoms with Crippen LogP contribution in [0.1, 0.15) is 16.8 Å². The Labute approximate surface area is 150 Å². The van der Waals surface area contributed by atoms with Crippen LogP contribution in [0.4, 0.5) is 23.7 Å². The minimum absolute atomic E-state index is 0.217. The summed E-state index contributed by atoms with van der Waals surface area (Å²) in [5.41, 5.74) is 0.947. The average molecular weight is 372 g/mol. The van der Waals surface area contributed by atoms with Crippen molar-refractivity contribution in [2.45, 2.75) is 12.6 Å². The number of halogens is 3. The first-order chi connectivity index (χ1) is 12.2. The van der Waals surface area contributed by atoms with Crippen molar-refractivity contribution < 1.29 is 22.8 Å². The van der Waals surface area contributed by atoms with Gasteiger partial charge in [-0.05, 0) is 44.3 Å². The Bertz CT molecular complexity index is 603. The molecule has 9 heteroatoms. The topological polar surface area (TPSA) is 73.5 Å². The number of carbonyl (C=O) groups excluding carboxylic acids is 2. The highest BCUT2D eigenvalue weighted by Crippen LogP contribution is 2.15. The van der Waals surface area contributed by atoms with Gasteiger partial charge in [-0.25, -0.2) is 4.79 Å². The molecule has 3 amide bonds. The fourth-order valence-electron chi connectivity index (χ4n) is 2.08. The van der Waals surface area contributed by atoms with Crippen LogP contribution >= 0.6 is 0 Å². The van der Waals surface area contributed by atoms with Gasteiger partial charge in [0.1, 0.15) is 0 Å². The van der Waals surface area contributed by atoms with E-state index in [1.807, 2.05) is 0 Å². The summed E-state index contributed by atoms with van der Waals surface area (Å²) >= 11 is 0. The van der Waals surface area contributed by atoms with Crippen molar-refractivity contribution in [1.82, 2.24) is 15.5 Å². The van der Waals surface area contributed by atoms with Crippen LogP contribution in [-0.4, -0.2) is 56.2 Å². The second-order valence-corrected chi connectivity index (χ2v) is 5.66. The SMILES string of the molecule is C=CCNC(=O)c1ccc(NC(=O)NCCCN(C)CC(F)(F)F)cc1. The number of hydrogen-bond acceptors (Lipinski definition) is 3. The maximum Gasteiger partial charge on any atom is 0.401 e. The molecule has 0 aliphatic heterocycles. The van der Waals surface area contributed by atoms with Crippen molar-refractivity contribution in [3.8, 4) is 0 Å². The molecule has 26 heavy (non-hydrogen) atoms. The smallest absolute Gasteiger partial charge is 0.349 e. The molecule has 0 fully saturated rings. The van der Waals surface area contributed by atoms with Gasteiger partial charge in [0.2, 0.25) is 0 Å². The number of anilines is 1. The Morgan fingerprint density at radius 2 is 1.85 bits per heavy atom. The van der Waals surface area contributed by atoms with Gasteiger partial charge in [0.25, 0.3) is 5.91 Å². The molecule has 1 rings (SSSR count). The number of nitrogens with one attached hydrogen (secondary N) is 3. The summed E-state index contributed by atoms with van der Waals surface area (Å²) < 4.78 is 36.5. The van der Waals surface area contributed by atoms with Gasteiger partial charge < -0.3 is 16.0 Å². The molecule has 0 saturated carbocycles. The first kappa shape index (κ1) is 21.5. The molecule has 1 aromatic carbocycles. The van der Waals surface area contributed by atoms with Gasteiger partial charge in [-0.1, -0.05) is 6.08 Å². The van der Waals surface area contributed by atoms with Gasteiger partial charge in [-0.2, -0.15) is 13.2 Å². The van der Waals surface area contributed by atoms with Crippen molar-refractivity contribution in [2.75, 3.05) is 38.5 Å². The normalized spacial score (nSPS) is 11.1. The number of carbonyl (C=O) groups is 2. The molecular formula is C17H23F3N4O2. The zero-order valence-electron chi connectivity index (χ0n) is 14.5. The molecular weight excluding hydrogens is 349 g/mol. The third kappa shape index (κ3) is 9.07. The molecule has 0 bridgehead atoms. The van der Waals surface area contributed by atoms with Crippen LogP contribution in [0.3, 0.4) is 0 Å². The Hall–Kier alpha value is -2.55. The van der Waals surface area contributed by atoms with Gasteiger partial charge in [0.05, 0.1) is 6.54 Å². The van der Waals surface area contributed by atoms with Crippen LogP contribution in [0.2, 0.25) is 0 Å². The summed E-state index contributed by atoms with van der Waals surface area (Å²) in [5, 5.41) is 7.79. The zero-order chi connectivity index (χ0) is 19.6.